The van der Waals surface area contributed by atoms with Gasteiger partial charge < -0.3 is 0 Å². The molecule has 6 heteroatoms. The van der Waals surface area contributed by atoms with Crippen LogP contribution in [0.4, 0.5) is 13.2 Å². The van der Waals surface area contributed by atoms with E-state index in [1.165, 1.54) is 11.3 Å². The molecule has 0 unspecified atom stereocenters. The number of ketones is 1. The molecule has 0 N–H and O–H groups in total. The number of rotatable bonds is 3. The van der Waals surface area contributed by atoms with Crippen molar-refractivity contribution in [2.45, 2.75) is 12.6 Å². The summed E-state index contributed by atoms with van der Waals surface area (Å²) in [6.07, 6.45) is -4.43. The van der Waals surface area contributed by atoms with Crippen molar-refractivity contribution in [1.82, 2.24) is 0 Å². The smallest absolute Gasteiger partial charge is 0.294 e. The second-order valence-corrected chi connectivity index (χ2v) is 5.31. The Bertz CT molecular complexity index is 590. The lowest BCUT2D eigenvalue weighted by Crippen LogP contribution is -2.09. The van der Waals surface area contributed by atoms with Crippen LogP contribution in [0.25, 0.3) is 0 Å². The average Bonchev–Trinajstić information content (AvgIpc) is 2.80. The molecule has 0 radical (unpaired) electrons. The molecule has 1 heterocycles. The van der Waals surface area contributed by atoms with E-state index in [2.05, 4.69) is 0 Å². The summed E-state index contributed by atoms with van der Waals surface area (Å²) in [5.41, 5.74) is -0.962. The highest BCUT2D eigenvalue weighted by Crippen LogP contribution is 2.32. The lowest BCUT2D eigenvalue weighted by molar-refractivity contribution is -0.137. The van der Waals surface area contributed by atoms with E-state index in [9.17, 15) is 18.0 Å². The quantitative estimate of drug-likeness (QED) is 0.741. The fourth-order valence-corrected chi connectivity index (χ4v) is 2.51. The van der Waals surface area contributed by atoms with E-state index in [1.807, 2.05) is 0 Å². The number of hydrogen-bond acceptors (Lipinski definition) is 2. The third-order valence-corrected chi connectivity index (χ3v) is 3.71. The minimum Gasteiger partial charge on any atom is -0.294 e. The van der Waals surface area contributed by atoms with Gasteiger partial charge in [-0.3, -0.25) is 4.79 Å². The predicted molar refractivity (Wildman–Crippen MR) is 68.8 cm³/mol. The van der Waals surface area contributed by atoms with E-state index in [1.54, 1.807) is 17.5 Å². The second-order valence-electron chi connectivity index (χ2n) is 3.87. The Morgan fingerprint density at radius 2 is 2.00 bits per heavy atom. The molecule has 1 nitrogen and oxygen atoms in total. The first kappa shape index (κ1) is 14.1. The standard InChI is InChI=1S/C13H8ClF3OS/c14-11-4-3-8(13(15,16)17)6-10(11)12(18)7-9-2-1-5-19-9/h1-6H,7H2. The van der Waals surface area contributed by atoms with E-state index in [-0.39, 0.29) is 17.0 Å². The molecule has 1 aromatic carbocycles. The van der Waals surface area contributed by atoms with Gasteiger partial charge in [0.05, 0.1) is 10.6 Å². The van der Waals surface area contributed by atoms with Crippen LogP contribution >= 0.6 is 22.9 Å². The van der Waals surface area contributed by atoms with E-state index in [0.717, 1.165) is 23.1 Å². The van der Waals surface area contributed by atoms with Crippen LogP contribution in [0.2, 0.25) is 5.02 Å². The Morgan fingerprint density at radius 1 is 1.26 bits per heavy atom. The van der Waals surface area contributed by atoms with Crippen molar-refractivity contribution in [3.8, 4) is 0 Å². The maximum Gasteiger partial charge on any atom is 0.416 e. The minimum absolute atomic E-state index is 0.0366. The zero-order chi connectivity index (χ0) is 14.0. The normalized spacial score (nSPS) is 11.6. The minimum atomic E-state index is -4.48. The maximum absolute atomic E-state index is 12.6. The summed E-state index contributed by atoms with van der Waals surface area (Å²) in [5, 5.41) is 1.84. The topological polar surface area (TPSA) is 17.1 Å². The maximum atomic E-state index is 12.6. The van der Waals surface area contributed by atoms with Crippen molar-refractivity contribution in [1.29, 1.82) is 0 Å². The first-order chi connectivity index (χ1) is 8.88. The molecule has 0 spiro atoms. The highest BCUT2D eigenvalue weighted by atomic mass is 35.5. The van der Waals surface area contributed by atoms with Gasteiger partial charge in [0.2, 0.25) is 0 Å². The molecule has 0 aliphatic rings. The number of carbonyl (C=O) groups excluding carboxylic acids is 1. The van der Waals surface area contributed by atoms with Gasteiger partial charge >= 0.3 is 6.18 Å². The third-order valence-electron chi connectivity index (χ3n) is 2.51. The zero-order valence-corrected chi connectivity index (χ0v) is 11.1. The lowest BCUT2D eigenvalue weighted by atomic mass is 10.0. The van der Waals surface area contributed by atoms with Gasteiger partial charge in [0.1, 0.15) is 0 Å². The second kappa shape index (κ2) is 5.35. The summed E-state index contributed by atoms with van der Waals surface area (Å²) < 4.78 is 37.8. The molecule has 0 aliphatic carbocycles. The molecular formula is C13H8ClF3OS. The average molecular weight is 305 g/mol. The van der Waals surface area contributed by atoms with Crippen LogP contribution < -0.4 is 0 Å². The number of alkyl halides is 3. The molecule has 19 heavy (non-hydrogen) atoms. The Kier molecular flexibility index (Phi) is 3.96. The van der Waals surface area contributed by atoms with Crippen molar-refractivity contribution in [3.63, 3.8) is 0 Å². The van der Waals surface area contributed by atoms with Gasteiger partial charge in [-0.2, -0.15) is 13.2 Å². The van der Waals surface area contributed by atoms with Gasteiger partial charge in [-0.15, -0.1) is 11.3 Å². The van der Waals surface area contributed by atoms with Gasteiger partial charge in [-0.05, 0) is 29.6 Å². The number of Topliss-reactive ketones (excluding diaryl/α,β-unsaturated/α-hetero) is 1. The van der Waals surface area contributed by atoms with Gasteiger partial charge in [-0.1, -0.05) is 17.7 Å². The molecule has 0 amide bonds. The van der Waals surface area contributed by atoms with Crippen LogP contribution in [-0.4, -0.2) is 5.78 Å². The molecular weight excluding hydrogens is 297 g/mol. The van der Waals surface area contributed by atoms with Gasteiger partial charge in [0, 0.05) is 16.9 Å². The highest BCUT2D eigenvalue weighted by molar-refractivity contribution is 7.10. The van der Waals surface area contributed by atoms with Crippen molar-refractivity contribution in [2.75, 3.05) is 0 Å². The predicted octanol–water partition coefficient (Wildman–Crippen LogP) is 4.85. The number of carbonyl (C=O) groups is 1. The number of benzene rings is 1. The molecule has 0 saturated carbocycles. The van der Waals surface area contributed by atoms with Crippen LogP contribution in [0.5, 0.6) is 0 Å². The SMILES string of the molecule is O=C(Cc1cccs1)c1cc(C(F)(F)F)ccc1Cl. The van der Waals surface area contributed by atoms with E-state index in [4.69, 9.17) is 11.6 Å². The Hall–Kier alpha value is -1.33. The molecule has 0 saturated heterocycles. The summed E-state index contributed by atoms with van der Waals surface area (Å²) in [7, 11) is 0. The number of halogens is 4. The molecule has 0 bridgehead atoms. The first-order valence-corrected chi connectivity index (χ1v) is 6.56. The lowest BCUT2D eigenvalue weighted by Gasteiger charge is -2.09. The van der Waals surface area contributed by atoms with Crippen molar-refractivity contribution in [2.24, 2.45) is 0 Å². The van der Waals surface area contributed by atoms with Crippen LogP contribution in [0.3, 0.4) is 0 Å². The van der Waals surface area contributed by atoms with Gasteiger partial charge in [-0.25, -0.2) is 0 Å². The summed E-state index contributed by atoms with van der Waals surface area (Å²) >= 11 is 7.17. The summed E-state index contributed by atoms with van der Waals surface area (Å²) in [6.45, 7) is 0. The van der Waals surface area contributed by atoms with E-state index < -0.39 is 17.5 Å². The van der Waals surface area contributed by atoms with E-state index in [0.29, 0.717) is 0 Å². The van der Waals surface area contributed by atoms with Gasteiger partial charge in [0.15, 0.2) is 5.78 Å². The summed E-state index contributed by atoms with van der Waals surface area (Å²) in [6, 6.07) is 6.31. The van der Waals surface area contributed by atoms with E-state index >= 15 is 0 Å². The Balaban J connectivity index is 2.31. The Morgan fingerprint density at radius 3 is 2.58 bits per heavy atom. The monoisotopic (exact) mass is 304 g/mol. The zero-order valence-electron chi connectivity index (χ0n) is 9.50. The molecule has 2 rings (SSSR count). The summed E-state index contributed by atoms with van der Waals surface area (Å²) in [5.74, 6) is -0.418. The molecule has 0 aliphatic heterocycles. The first-order valence-electron chi connectivity index (χ1n) is 5.30. The van der Waals surface area contributed by atoms with Crippen molar-refractivity contribution in [3.05, 3.63) is 56.7 Å². The van der Waals surface area contributed by atoms with Crippen LogP contribution in [0.1, 0.15) is 20.8 Å². The summed E-state index contributed by atoms with van der Waals surface area (Å²) in [4.78, 5) is 12.8. The Labute approximate surface area is 116 Å². The van der Waals surface area contributed by atoms with Crippen molar-refractivity contribution >= 4 is 28.7 Å². The third kappa shape index (κ3) is 3.36. The van der Waals surface area contributed by atoms with Crippen molar-refractivity contribution < 1.29 is 18.0 Å². The van der Waals surface area contributed by atoms with Crippen LogP contribution in [0.15, 0.2) is 35.7 Å². The van der Waals surface area contributed by atoms with Gasteiger partial charge in [0.25, 0.3) is 0 Å². The molecule has 2 aromatic rings. The van der Waals surface area contributed by atoms with Crippen LogP contribution in [0, 0.1) is 0 Å². The fraction of sp³-hybridized carbons (Fsp3) is 0.154. The number of thiophene rings is 1. The molecule has 100 valence electrons. The highest BCUT2D eigenvalue weighted by Gasteiger charge is 2.31. The fourth-order valence-electron chi connectivity index (χ4n) is 1.58. The molecule has 1 aromatic heterocycles. The number of hydrogen-bond donors (Lipinski definition) is 0. The molecule has 0 fully saturated rings. The van der Waals surface area contributed by atoms with Crippen LogP contribution in [-0.2, 0) is 12.6 Å². The largest absolute Gasteiger partial charge is 0.416 e. The molecule has 0 atom stereocenters.